The molecule has 4 N–H and O–H groups in total. The summed E-state index contributed by atoms with van der Waals surface area (Å²) in [5, 5.41) is 12.1. The molecule has 0 unspecified atom stereocenters. The largest absolute Gasteiger partial charge is 0.504 e. The van der Waals surface area contributed by atoms with Crippen LogP contribution in [0.5, 0.6) is 5.75 Å². The predicted octanol–water partition coefficient (Wildman–Crippen LogP) is 1.24. The van der Waals surface area contributed by atoms with Crippen LogP contribution in [0.15, 0.2) is 18.3 Å². The minimum atomic E-state index is -0.138. The lowest BCUT2D eigenvalue weighted by Crippen LogP contribution is -2.28. The van der Waals surface area contributed by atoms with E-state index in [-0.39, 0.29) is 29.4 Å². The molecule has 1 aromatic heterocycles. The van der Waals surface area contributed by atoms with E-state index in [0.29, 0.717) is 6.42 Å². The Morgan fingerprint density at radius 3 is 3.06 bits per heavy atom. The average Bonchev–Trinajstić information content (AvgIpc) is 2.68. The Balaban J connectivity index is 1.91. The van der Waals surface area contributed by atoms with Crippen molar-refractivity contribution in [2.75, 3.05) is 5.32 Å². The average molecular weight is 235 g/mol. The van der Waals surface area contributed by atoms with Crippen molar-refractivity contribution >= 4 is 11.7 Å². The number of hydrogen-bond acceptors (Lipinski definition) is 4. The maximum absolute atomic E-state index is 11.7. The van der Waals surface area contributed by atoms with Gasteiger partial charge in [0.25, 0.3) is 0 Å². The highest BCUT2D eigenvalue weighted by Crippen LogP contribution is 2.27. The molecule has 0 aliphatic heterocycles. The van der Waals surface area contributed by atoms with E-state index in [1.54, 1.807) is 6.07 Å². The molecule has 92 valence electrons. The number of amides is 1. The summed E-state index contributed by atoms with van der Waals surface area (Å²) in [5.74, 6) is 0.308. The highest BCUT2D eigenvalue weighted by molar-refractivity contribution is 5.91. The normalized spacial score (nSPS) is 23.6. The van der Waals surface area contributed by atoms with Crippen LogP contribution >= 0.6 is 0 Å². The number of nitrogens with two attached hydrogens (primary N) is 1. The third-order valence-corrected chi connectivity index (χ3v) is 3.21. The molecule has 2 atom stereocenters. The van der Waals surface area contributed by atoms with Crippen LogP contribution in [0.2, 0.25) is 0 Å². The molecule has 1 fully saturated rings. The van der Waals surface area contributed by atoms with E-state index in [0.717, 1.165) is 19.3 Å². The zero-order valence-corrected chi connectivity index (χ0v) is 9.60. The standard InChI is InChI=1S/C12H17N3O2/c13-9-4-1-3-8(9)7-11(17)15-12-10(16)5-2-6-14-12/h2,5-6,8-9,16H,1,3-4,7,13H2,(H,14,15,17)/t8-,9+/m0/s1. The number of carbonyl (C=O) groups excluding carboxylic acids is 1. The van der Waals surface area contributed by atoms with Gasteiger partial charge in [0.2, 0.25) is 5.91 Å². The Morgan fingerprint density at radius 1 is 1.59 bits per heavy atom. The highest BCUT2D eigenvalue weighted by Gasteiger charge is 2.26. The topological polar surface area (TPSA) is 88.2 Å². The van der Waals surface area contributed by atoms with Gasteiger partial charge in [-0.15, -0.1) is 0 Å². The van der Waals surface area contributed by atoms with E-state index < -0.39 is 0 Å². The fourth-order valence-electron chi connectivity index (χ4n) is 2.23. The number of aromatic nitrogens is 1. The van der Waals surface area contributed by atoms with Gasteiger partial charge >= 0.3 is 0 Å². The first-order chi connectivity index (χ1) is 8.16. The van der Waals surface area contributed by atoms with E-state index >= 15 is 0 Å². The second kappa shape index (κ2) is 5.14. The summed E-state index contributed by atoms with van der Waals surface area (Å²) in [5.41, 5.74) is 5.91. The Bertz CT molecular complexity index is 408. The zero-order valence-electron chi connectivity index (χ0n) is 9.60. The fourth-order valence-corrected chi connectivity index (χ4v) is 2.23. The van der Waals surface area contributed by atoms with Gasteiger partial charge in [-0.2, -0.15) is 0 Å². The minimum absolute atomic E-state index is 0.0171. The monoisotopic (exact) mass is 235 g/mol. The highest BCUT2D eigenvalue weighted by atomic mass is 16.3. The van der Waals surface area contributed by atoms with Crippen molar-refractivity contribution in [3.05, 3.63) is 18.3 Å². The SMILES string of the molecule is N[C@@H]1CCC[C@H]1CC(=O)Nc1ncccc1O. The number of nitrogens with zero attached hydrogens (tertiary/aromatic N) is 1. The molecule has 1 aliphatic carbocycles. The van der Waals surface area contributed by atoms with E-state index in [1.807, 2.05) is 0 Å². The smallest absolute Gasteiger partial charge is 0.225 e. The lowest BCUT2D eigenvalue weighted by Gasteiger charge is -2.14. The fraction of sp³-hybridized carbons (Fsp3) is 0.500. The first-order valence-electron chi connectivity index (χ1n) is 5.86. The van der Waals surface area contributed by atoms with E-state index in [1.165, 1.54) is 12.3 Å². The third-order valence-electron chi connectivity index (χ3n) is 3.21. The van der Waals surface area contributed by atoms with E-state index in [2.05, 4.69) is 10.3 Å². The molecule has 1 amide bonds. The molecular weight excluding hydrogens is 218 g/mol. The number of rotatable bonds is 3. The molecular formula is C12H17N3O2. The molecule has 5 nitrogen and oxygen atoms in total. The first-order valence-corrected chi connectivity index (χ1v) is 5.86. The molecule has 0 aromatic carbocycles. The van der Waals surface area contributed by atoms with Crippen LogP contribution < -0.4 is 11.1 Å². The van der Waals surface area contributed by atoms with Crippen LogP contribution in [-0.4, -0.2) is 22.0 Å². The molecule has 1 aromatic rings. The van der Waals surface area contributed by atoms with E-state index in [4.69, 9.17) is 5.73 Å². The van der Waals surface area contributed by atoms with E-state index in [9.17, 15) is 9.90 Å². The predicted molar refractivity (Wildman–Crippen MR) is 64.5 cm³/mol. The molecule has 2 rings (SSSR count). The van der Waals surface area contributed by atoms with Crippen molar-refractivity contribution in [2.45, 2.75) is 31.7 Å². The van der Waals surface area contributed by atoms with Crippen molar-refractivity contribution in [1.29, 1.82) is 0 Å². The van der Waals surface area contributed by atoms with Crippen molar-refractivity contribution in [3.63, 3.8) is 0 Å². The Kier molecular flexibility index (Phi) is 3.58. The maximum atomic E-state index is 11.7. The Morgan fingerprint density at radius 2 is 2.41 bits per heavy atom. The molecule has 5 heteroatoms. The van der Waals surface area contributed by atoms with Crippen LogP contribution in [0.4, 0.5) is 5.82 Å². The quantitative estimate of drug-likeness (QED) is 0.735. The molecule has 0 bridgehead atoms. The molecule has 17 heavy (non-hydrogen) atoms. The summed E-state index contributed by atoms with van der Waals surface area (Å²) in [6.07, 6.45) is 5.01. The number of aromatic hydroxyl groups is 1. The lowest BCUT2D eigenvalue weighted by atomic mass is 10.00. The summed E-state index contributed by atoms with van der Waals surface area (Å²) >= 11 is 0. The second-order valence-corrected chi connectivity index (χ2v) is 4.48. The molecule has 0 radical (unpaired) electrons. The Labute approximate surface area is 100 Å². The molecule has 0 saturated heterocycles. The summed E-state index contributed by atoms with van der Waals surface area (Å²) in [4.78, 5) is 15.6. The van der Waals surface area contributed by atoms with Gasteiger partial charge in [0.15, 0.2) is 11.6 Å². The lowest BCUT2D eigenvalue weighted by molar-refractivity contribution is -0.117. The first kappa shape index (κ1) is 11.9. The van der Waals surface area contributed by atoms with Gasteiger partial charge in [-0.05, 0) is 30.9 Å². The number of anilines is 1. The van der Waals surface area contributed by atoms with Crippen molar-refractivity contribution in [2.24, 2.45) is 11.7 Å². The number of hydrogen-bond donors (Lipinski definition) is 3. The second-order valence-electron chi connectivity index (χ2n) is 4.48. The van der Waals surface area contributed by atoms with Crippen LogP contribution in [0, 0.1) is 5.92 Å². The van der Waals surface area contributed by atoms with Gasteiger partial charge in [0.05, 0.1) is 0 Å². The van der Waals surface area contributed by atoms with Crippen LogP contribution in [0.25, 0.3) is 0 Å². The van der Waals surface area contributed by atoms with Gasteiger partial charge in [0.1, 0.15) is 0 Å². The van der Waals surface area contributed by atoms with Crippen LogP contribution in [0.1, 0.15) is 25.7 Å². The van der Waals surface area contributed by atoms with Crippen LogP contribution in [0.3, 0.4) is 0 Å². The number of carbonyl (C=O) groups is 1. The molecule has 1 aliphatic rings. The van der Waals surface area contributed by atoms with Gasteiger partial charge < -0.3 is 16.2 Å². The molecule has 1 saturated carbocycles. The number of nitrogens with one attached hydrogen (secondary N) is 1. The van der Waals surface area contributed by atoms with Gasteiger partial charge in [-0.25, -0.2) is 4.98 Å². The van der Waals surface area contributed by atoms with Gasteiger partial charge in [0, 0.05) is 18.7 Å². The van der Waals surface area contributed by atoms with Gasteiger partial charge in [-0.3, -0.25) is 4.79 Å². The third kappa shape index (κ3) is 2.94. The molecule has 1 heterocycles. The summed E-state index contributed by atoms with van der Waals surface area (Å²) in [7, 11) is 0. The summed E-state index contributed by atoms with van der Waals surface area (Å²) < 4.78 is 0. The minimum Gasteiger partial charge on any atom is -0.504 e. The van der Waals surface area contributed by atoms with Crippen molar-refractivity contribution < 1.29 is 9.90 Å². The number of pyridine rings is 1. The molecule has 0 spiro atoms. The maximum Gasteiger partial charge on any atom is 0.225 e. The van der Waals surface area contributed by atoms with Crippen LogP contribution in [-0.2, 0) is 4.79 Å². The Hall–Kier alpha value is -1.62. The zero-order chi connectivity index (χ0) is 12.3. The van der Waals surface area contributed by atoms with Crippen molar-refractivity contribution in [1.82, 2.24) is 4.98 Å². The summed E-state index contributed by atoms with van der Waals surface area (Å²) in [6.45, 7) is 0. The van der Waals surface area contributed by atoms with Gasteiger partial charge in [-0.1, -0.05) is 6.42 Å². The van der Waals surface area contributed by atoms with Crippen molar-refractivity contribution in [3.8, 4) is 5.75 Å². The summed E-state index contributed by atoms with van der Waals surface area (Å²) in [6, 6.07) is 3.22.